The summed E-state index contributed by atoms with van der Waals surface area (Å²) in [6.07, 6.45) is 10.1. The average molecular weight is 422 g/mol. The SMILES string of the molecule is O/N=C/c1nc(CCCCCSc2c3c(nc4ccccc24)CCCC3)ccc1O. The molecule has 0 atom stereocenters. The largest absolute Gasteiger partial charge is 0.506 e. The molecule has 0 unspecified atom stereocenters. The Bertz CT molecular complexity index is 1050. The van der Waals surface area contributed by atoms with Crippen LogP contribution in [-0.4, -0.2) is 32.2 Å². The summed E-state index contributed by atoms with van der Waals surface area (Å²) in [7, 11) is 0. The van der Waals surface area contributed by atoms with Gasteiger partial charge in [-0.15, -0.1) is 11.8 Å². The van der Waals surface area contributed by atoms with E-state index in [0.717, 1.165) is 61.7 Å². The molecular formula is C24H27N3O2S. The summed E-state index contributed by atoms with van der Waals surface area (Å²) in [5, 5.41) is 22.6. The minimum absolute atomic E-state index is 0.0286. The van der Waals surface area contributed by atoms with Crippen molar-refractivity contribution >= 4 is 28.9 Å². The minimum Gasteiger partial charge on any atom is -0.506 e. The highest BCUT2D eigenvalue weighted by molar-refractivity contribution is 7.99. The number of thioether (sulfide) groups is 1. The van der Waals surface area contributed by atoms with Gasteiger partial charge in [-0.3, -0.25) is 4.98 Å². The molecule has 0 radical (unpaired) electrons. The number of pyridine rings is 2. The lowest BCUT2D eigenvalue weighted by molar-refractivity contribution is 0.321. The number of rotatable bonds is 8. The number of para-hydroxylation sites is 1. The fraction of sp³-hybridized carbons (Fsp3) is 0.375. The highest BCUT2D eigenvalue weighted by Gasteiger charge is 2.18. The van der Waals surface area contributed by atoms with Gasteiger partial charge in [0, 0.05) is 21.7 Å². The third kappa shape index (κ3) is 4.75. The number of aromatic hydroxyl groups is 1. The molecule has 0 amide bonds. The summed E-state index contributed by atoms with van der Waals surface area (Å²) in [4.78, 5) is 10.7. The molecule has 0 saturated carbocycles. The number of aryl methyl sites for hydroxylation is 2. The van der Waals surface area contributed by atoms with Gasteiger partial charge in [0.15, 0.2) is 0 Å². The van der Waals surface area contributed by atoms with Crippen molar-refractivity contribution in [1.29, 1.82) is 0 Å². The summed E-state index contributed by atoms with van der Waals surface area (Å²) in [5.74, 6) is 1.13. The molecule has 6 heteroatoms. The number of fused-ring (bicyclic) bond motifs is 2. The minimum atomic E-state index is 0.0286. The van der Waals surface area contributed by atoms with Crippen LogP contribution in [0.5, 0.6) is 5.75 Å². The van der Waals surface area contributed by atoms with Crippen LogP contribution in [0.15, 0.2) is 46.4 Å². The molecule has 30 heavy (non-hydrogen) atoms. The van der Waals surface area contributed by atoms with Crippen molar-refractivity contribution in [3.63, 3.8) is 0 Å². The van der Waals surface area contributed by atoms with Crippen LogP contribution < -0.4 is 0 Å². The lowest BCUT2D eigenvalue weighted by Gasteiger charge is -2.20. The highest BCUT2D eigenvalue weighted by Crippen LogP contribution is 2.36. The first-order valence-electron chi connectivity index (χ1n) is 10.7. The second-order valence-electron chi connectivity index (χ2n) is 7.70. The normalized spacial score (nSPS) is 13.7. The quantitative estimate of drug-likeness (QED) is 0.164. The first-order chi connectivity index (χ1) is 14.8. The summed E-state index contributed by atoms with van der Waals surface area (Å²) >= 11 is 1.99. The number of benzene rings is 1. The first kappa shape index (κ1) is 20.7. The first-order valence-corrected chi connectivity index (χ1v) is 11.6. The van der Waals surface area contributed by atoms with Crippen LogP contribution in [0.4, 0.5) is 0 Å². The summed E-state index contributed by atoms with van der Waals surface area (Å²) in [6.45, 7) is 0. The van der Waals surface area contributed by atoms with E-state index in [1.165, 1.54) is 34.4 Å². The third-order valence-electron chi connectivity index (χ3n) is 5.58. The summed E-state index contributed by atoms with van der Waals surface area (Å²) < 4.78 is 0. The summed E-state index contributed by atoms with van der Waals surface area (Å²) in [5.41, 5.74) is 5.13. The predicted molar refractivity (Wildman–Crippen MR) is 122 cm³/mol. The molecule has 0 saturated heterocycles. The molecule has 3 aromatic rings. The van der Waals surface area contributed by atoms with E-state index < -0.39 is 0 Å². The zero-order valence-corrected chi connectivity index (χ0v) is 17.9. The van der Waals surface area contributed by atoms with Gasteiger partial charge in [-0.05, 0) is 74.5 Å². The van der Waals surface area contributed by atoms with E-state index in [0.29, 0.717) is 5.69 Å². The van der Waals surface area contributed by atoms with Gasteiger partial charge < -0.3 is 10.3 Å². The highest BCUT2D eigenvalue weighted by atomic mass is 32.2. The van der Waals surface area contributed by atoms with Crippen LogP contribution in [0.1, 0.15) is 54.7 Å². The van der Waals surface area contributed by atoms with E-state index in [2.05, 4.69) is 34.4 Å². The van der Waals surface area contributed by atoms with Crippen molar-refractivity contribution in [1.82, 2.24) is 9.97 Å². The lowest BCUT2D eigenvalue weighted by Crippen LogP contribution is -2.07. The smallest absolute Gasteiger partial charge is 0.142 e. The average Bonchev–Trinajstić information content (AvgIpc) is 2.77. The van der Waals surface area contributed by atoms with E-state index in [-0.39, 0.29) is 5.75 Å². The molecular weight excluding hydrogens is 394 g/mol. The van der Waals surface area contributed by atoms with Gasteiger partial charge in [0.2, 0.25) is 0 Å². The maximum atomic E-state index is 9.70. The number of hydrogen-bond donors (Lipinski definition) is 2. The Morgan fingerprint density at radius 1 is 1.00 bits per heavy atom. The van der Waals surface area contributed by atoms with Crippen molar-refractivity contribution in [3.8, 4) is 5.75 Å². The van der Waals surface area contributed by atoms with Crippen molar-refractivity contribution < 1.29 is 10.3 Å². The second kappa shape index (κ2) is 9.94. The Hall–Kier alpha value is -2.60. The van der Waals surface area contributed by atoms with Crippen LogP contribution in [-0.2, 0) is 19.3 Å². The molecule has 0 bridgehead atoms. The van der Waals surface area contributed by atoms with E-state index in [1.54, 1.807) is 6.07 Å². The Balaban J connectivity index is 1.33. The van der Waals surface area contributed by atoms with Gasteiger partial charge in [-0.25, -0.2) is 4.98 Å². The molecule has 2 N–H and O–H groups in total. The molecule has 5 nitrogen and oxygen atoms in total. The van der Waals surface area contributed by atoms with E-state index >= 15 is 0 Å². The molecule has 1 aliphatic carbocycles. The fourth-order valence-corrected chi connectivity index (χ4v) is 5.33. The summed E-state index contributed by atoms with van der Waals surface area (Å²) in [6, 6.07) is 12.0. The third-order valence-corrected chi connectivity index (χ3v) is 6.83. The molecule has 4 rings (SSSR count). The Kier molecular flexibility index (Phi) is 6.84. The number of hydrogen-bond acceptors (Lipinski definition) is 6. The van der Waals surface area contributed by atoms with Crippen LogP contribution in [0.25, 0.3) is 10.9 Å². The second-order valence-corrected chi connectivity index (χ2v) is 8.81. The maximum absolute atomic E-state index is 9.70. The van der Waals surface area contributed by atoms with Crippen molar-refractivity contribution in [3.05, 3.63) is 59.0 Å². The molecule has 0 fully saturated rings. The van der Waals surface area contributed by atoms with Crippen LogP contribution >= 0.6 is 11.8 Å². The molecule has 1 aliphatic rings. The zero-order chi connectivity index (χ0) is 20.8. The monoisotopic (exact) mass is 421 g/mol. The number of nitrogens with zero attached hydrogens (tertiary/aromatic N) is 3. The van der Waals surface area contributed by atoms with Crippen molar-refractivity contribution in [2.45, 2.75) is 56.3 Å². The standard InChI is InChI=1S/C24H27N3O2S/c28-23-14-13-17(26-22(23)16-25-29)8-2-1-7-15-30-24-18-9-3-5-11-20(18)27-21-12-6-4-10-19(21)24/h3,5,9,11,13-14,16,28-29H,1-2,4,6-8,10,12,15H2/b25-16+. The van der Waals surface area contributed by atoms with Crippen LogP contribution in [0.2, 0.25) is 0 Å². The van der Waals surface area contributed by atoms with Gasteiger partial charge in [0.25, 0.3) is 0 Å². The van der Waals surface area contributed by atoms with Crippen molar-refractivity contribution in [2.75, 3.05) is 5.75 Å². The Morgan fingerprint density at radius 2 is 1.87 bits per heavy atom. The van der Waals surface area contributed by atoms with Gasteiger partial charge in [0.05, 0.1) is 11.7 Å². The molecule has 2 heterocycles. The van der Waals surface area contributed by atoms with E-state index in [9.17, 15) is 5.11 Å². The molecule has 2 aromatic heterocycles. The van der Waals surface area contributed by atoms with E-state index in [4.69, 9.17) is 10.2 Å². The van der Waals surface area contributed by atoms with Gasteiger partial charge in [-0.1, -0.05) is 29.8 Å². The molecule has 1 aromatic carbocycles. The lowest BCUT2D eigenvalue weighted by atomic mass is 9.94. The number of aromatic nitrogens is 2. The molecule has 0 aliphatic heterocycles. The van der Waals surface area contributed by atoms with Gasteiger partial charge in [-0.2, -0.15) is 0 Å². The molecule has 0 spiro atoms. The Morgan fingerprint density at radius 3 is 2.77 bits per heavy atom. The van der Waals surface area contributed by atoms with Gasteiger partial charge >= 0.3 is 0 Å². The fourth-order valence-electron chi connectivity index (χ4n) is 4.05. The number of oxime groups is 1. The topological polar surface area (TPSA) is 78.6 Å². The molecule has 156 valence electrons. The van der Waals surface area contributed by atoms with E-state index in [1.807, 2.05) is 17.8 Å². The van der Waals surface area contributed by atoms with Crippen LogP contribution in [0, 0.1) is 0 Å². The maximum Gasteiger partial charge on any atom is 0.142 e. The Labute approximate surface area is 181 Å². The van der Waals surface area contributed by atoms with Gasteiger partial charge in [0.1, 0.15) is 11.4 Å². The van der Waals surface area contributed by atoms with Crippen LogP contribution in [0.3, 0.4) is 0 Å². The van der Waals surface area contributed by atoms with Crippen molar-refractivity contribution in [2.24, 2.45) is 5.16 Å². The number of unbranched alkanes of at least 4 members (excludes halogenated alkanes) is 2. The zero-order valence-electron chi connectivity index (χ0n) is 17.0. The predicted octanol–water partition coefficient (Wildman–Crippen LogP) is 5.53.